The van der Waals surface area contributed by atoms with Crippen molar-refractivity contribution in [1.82, 2.24) is 5.32 Å². The van der Waals surface area contributed by atoms with Gasteiger partial charge in [0.2, 0.25) is 0 Å². The second-order valence-electron chi connectivity index (χ2n) is 4.58. The minimum absolute atomic E-state index is 0.237. The van der Waals surface area contributed by atoms with Gasteiger partial charge in [-0.1, -0.05) is 6.07 Å². The van der Waals surface area contributed by atoms with E-state index in [-0.39, 0.29) is 12.4 Å². The van der Waals surface area contributed by atoms with Crippen LogP contribution in [0.25, 0.3) is 0 Å². The number of halogens is 1. The molecule has 0 saturated carbocycles. The molecule has 1 aromatic carbocycles. The van der Waals surface area contributed by atoms with Gasteiger partial charge in [0, 0.05) is 25.8 Å². The number of hydrogen-bond donors (Lipinski definition) is 2. The van der Waals surface area contributed by atoms with E-state index in [1.165, 1.54) is 0 Å². The van der Waals surface area contributed by atoms with E-state index in [2.05, 4.69) is 10.2 Å². The maximum Gasteiger partial charge on any atom is 0.404 e. The number of hydrogen-bond acceptors (Lipinski definition) is 2. The van der Waals surface area contributed by atoms with Crippen LogP contribution in [-0.4, -0.2) is 31.3 Å². The first-order chi connectivity index (χ1) is 8.58. The molecule has 0 unspecified atom stereocenters. The van der Waals surface area contributed by atoms with Gasteiger partial charge in [-0.15, -0.1) is 0 Å². The van der Waals surface area contributed by atoms with Crippen LogP contribution < -0.4 is 10.2 Å². The van der Waals surface area contributed by atoms with Crippen LogP contribution in [0.1, 0.15) is 17.5 Å². The zero-order valence-electron chi connectivity index (χ0n) is 10.4. The van der Waals surface area contributed by atoms with Crippen LogP contribution in [0.4, 0.5) is 14.9 Å². The number of nitrogens with one attached hydrogen (secondary N) is 1. The summed E-state index contributed by atoms with van der Waals surface area (Å²) in [6.07, 6.45) is 1.34. The first-order valence-electron chi connectivity index (χ1n) is 6.07. The summed E-state index contributed by atoms with van der Waals surface area (Å²) in [6.45, 7) is 1.19. The van der Waals surface area contributed by atoms with Gasteiger partial charge in [0.15, 0.2) is 0 Å². The van der Waals surface area contributed by atoms with Crippen LogP contribution in [0.2, 0.25) is 0 Å². The van der Waals surface area contributed by atoms with Crippen molar-refractivity contribution in [3.05, 3.63) is 29.1 Å². The van der Waals surface area contributed by atoms with Crippen molar-refractivity contribution in [2.75, 3.05) is 25.0 Å². The molecule has 0 spiro atoms. The summed E-state index contributed by atoms with van der Waals surface area (Å²) < 4.78 is 13.9. The third-order valence-electron chi connectivity index (χ3n) is 3.27. The minimum atomic E-state index is -1.08. The predicted molar refractivity (Wildman–Crippen MR) is 67.7 cm³/mol. The summed E-state index contributed by atoms with van der Waals surface area (Å²) >= 11 is 0. The fourth-order valence-electron chi connectivity index (χ4n) is 2.34. The number of carboxylic acid groups (broad SMARTS) is 1. The Morgan fingerprint density at radius 3 is 3.06 bits per heavy atom. The standard InChI is InChI=1S/C13H17FN2O2/c1-16-6-2-3-10-7-9(4-5-15-13(17)18)11(14)8-12(10)16/h7-8,15H,2-6H2,1H3,(H,17,18). The highest BCUT2D eigenvalue weighted by atomic mass is 19.1. The quantitative estimate of drug-likeness (QED) is 0.865. The van der Waals surface area contributed by atoms with Gasteiger partial charge in [-0.2, -0.15) is 0 Å². The third kappa shape index (κ3) is 2.72. The molecule has 1 aliphatic heterocycles. The van der Waals surface area contributed by atoms with Crippen molar-refractivity contribution in [2.24, 2.45) is 0 Å². The number of rotatable bonds is 3. The molecule has 2 rings (SSSR count). The van der Waals surface area contributed by atoms with E-state index in [9.17, 15) is 9.18 Å². The fourth-order valence-corrected chi connectivity index (χ4v) is 2.34. The van der Waals surface area contributed by atoms with E-state index in [1.54, 1.807) is 6.07 Å². The summed E-state index contributed by atoms with van der Waals surface area (Å²) in [4.78, 5) is 12.4. The first kappa shape index (κ1) is 12.7. The van der Waals surface area contributed by atoms with Crippen molar-refractivity contribution < 1.29 is 14.3 Å². The number of fused-ring (bicyclic) bond motifs is 1. The van der Waals surface area contributed by atoms with Crippen LogP contribution in [-0.2, 0) is 12.8 Å². The Labute approximate surface area is 105 Å². The van der Waals surface area contributed by atoms with Gasteiger partial charge in [0.05, 0.1) is 0 Å². The number of anilines is 1. The van der Waals surface area contributed by atoms with Gasteiger partial charge in [-0.3, -0.25) is 0 Å². The molecule has 98 valence electrons. The maximum atomic E-state index is 13.9. The Morgan fingerprint density at radius 2 is 2.33 bits per heavy atom. The Kier molecular flexibility index (Phi) is 3.69. The first-order valence-corrected chi connectivity index (χ1v) is 6.07. The molecule has 0 saturated heterocycles. The second kappa shape index (κ2) is 5.25. The summed E-state index contributed by atoms with van der Waals surface area (Å²) in [5.41, 5.74) is 2.68. The third-order valence-corrected chi connectivity index (χ3v) is 3.27. The molecule has 5 heteroatoms. The monoisotopic (exact) mass is 252 g/mol. The highest BCUT2D eigenvalue weighted by Crippen LogP contribution is 2.28. The SMILES string of the molecule is CN1CCCc2cc(CCNC(=O)O)c(F)cc21. The average Bonchev–Trinajstić information content (AvgIpc) is 2.31. The molecule has 2 N–H and O–H groups in total. The van der Waals surface area contributed by atoms with E-state index in [4.69, 9.17) is 5.11 Å². The molecule has 0 fully saturated rings. The molecular formula is C13H17FN2O2. The smallest absolute Gasteiger partial charge is 0.404 e. The molecule has 1 aromatic rings. The molecular weight excluding hydrogens is 235 g/mol. The zero-order valence-corrected chi connectivity index (χ0v) is 10.4. The summed E-state index contributed by atoms with van der Waals surface area (Å²) in [5.74, 6) is -0.255. The van der Waals surface area contributed by atoms with E-state index < -0.39 is 6.09 Å². The van der Waals surface area contributed by atoms with E-state index >= 15 is 0 Å². The summed E-state index contributed by atoms with van der Waals surface area (Å²) in [7, 11) is 1.96. The number of amides is 1. The predicted octanol–water partition coefficient (Wildman–Crippen LogP) is 2.02. The van der Waals surface area contributed by atoms with E-state index in [1.807, 2.05) is 13.1 Å². The molecule has 1 heterocycles. The Morgan fingerprint density at radius 1 is 1.56 bits per heavy atom. The summed E-state index contributed by atoms with van der Waals surface area (Å²) in [6, 6.07) is 3.43. The van der Waals surface area contributed by atoms with Gasteiger partial charge in [-0.25, -0.2) is 9.18 Å². The molecule has 18 heavy (non-hydrogen) atoms. The van der Waals surface area contributed by atoms with E-state index in [0.717, 1.165) is 30.6 Å². The Balaban J connectivity index is 2.14. The van der Waals surface area contributed by atoms with Crippen molar-refractivity contribution in [3.63, 3.8) is 0 Å². The van der Waals surface area contributed by atoms with E-state index in [0.29, 0.717) is 12.0 Å². The van der Waals surface area contributed by atoms with Crippen LogP contribution in [0.5, 0.6) is 0 Å². The lowest BCUT2D eigenvalue weighted by atomic mass is 9.98. The van der Waals surface area contributed by atoms with Crippen molar-refractivity contribution in [2.45, 2.75) is 19.3 Å². The number of aryl methyl sites for hydroxylation is 1. The van der Waals surface area contributed by atoms with Gasteiger partial charge in [0.1, 0.15) is 5.82 Å². The zero-order chi connectivity index (χ0) is 13.1. The van der Waals surface area contributed by atoms with Crippen molar-refractivity contribution in [3.8, 4) is 0 Å². The van der Waals surface area contributed by atoms with Gasteiger partial charge >= 0.3 is 6.09 Å². The normalized spacial score (nSPS) is 14.2. The minimum Gasteiger partial charge on any atom is -0.465 e. The molecule has 0 atom stereocenters. The Bertz CT molecular complexity index is 463. The van der Waals surface area contributed by atoms with Crippen LogP contribution in [0, 0.1) is 5.82 Å². The lowest BCUT2D eigenvalue weighted by Gasteiger charge is -2.28. The molecule has 4 nitrogen and oxygen atoms in total. The fraction of sp³-hybridized carbons (Fsp3) is 0.462. The highest BCUT2D eigenvalue weighted by molar-refractivity contribution is 5.64. The number of carbonyl (C=O) groups is 1. The van der Waals surface area contributed by atoms with Crippen LogP contribution in [0.15, 0.2) is 12.1 Å². The molecule has 0 radical (unpaired) electrons. The van der Waals surface area contributed by atoms with Crippen LogP contribution in [0.3, 0.4) is 0 Å². The second-order valence-corrected chi connectivity index (χ2v) is 4.58. The lowest BCUT2D eigenvalue weighted by molar-refractivity contribution is 0.194. The van der Waals surface area contributed by atoms with Crippen molar-refractivity contribution in [1.29, 1.82) is 0 Å². The summed E-state index contributed by atoms with van der Waals surface area (Å²) in [5, 5.41) is 10.7. The highest BCUT2D eigenvalue weighted by Gasteiger charge is 2.16. The molecule has 0 aliphatic carbocycles. The Hall–Kier alpha value is -1.78. The lowest BCUT2D eigenvalue weighted by Crippen LogP contribution is -2.26. The molecule has 1 amide bonds. The average molecular weight is 252 g/mol. The van der Waals surface area contributed by atoms with Crippen molar-refractivity contribution >= 4 is 11.8 Å². The molecule has 0 aromatic heterocycles. The molecule has 0 bridgehead atoms. The largest absolute Gasteiger partial charge is 0.465 e. The topological polar surface area (TPSA) is 52.6 Å². The van der Waals surface area contributed by atoms with Gasteiger partial charge < -0.3 is 15.3 Å². The van der Waals surface area contributed by atoms with Gasteiger partial charge in [0.25, 0.3) is 0 Å². The molecule has 1 aliphatic rings. The number of nitrogens with zero attached hydrogens (tertiary/aromatic N) is 1. The maximum absolute atomic E-state index is 13.9. The van der Waals surface area contributed by atoms with Crippen LogP contribution >= 0.6 is 0 Å². The number of benzene rings is 1. The van der Waals surface area contributed by atoms with Gasteiger partial charge in [-0.05, 0) is 36.5 Å².